The van der Waals surface area contributed by atoms with Crippen LogP contribution in [0.5, 0.6) is 0 Å². The van der Waals surface area contributed by atoms with Crippen molar-refractivity contribution in [3.8, 4) is 0 Å². The minimum absolute atomic E-state index is 0.0752. The van der Waals surface area contributed by atoms with Crippen molar-refractivity contribution < 1.29 is 24.5 Å². The van der Waals surface area contributed by atoms with E-state index < -0.39 is 23.0 Å². The number of rotatable bonds is 5. The van der Waals surface area contributed by atoms with Gasteiger partial charge in [0.1, 0.15) is 0 Å². The van der Waals surface area contributed by atoms with Crippen molar-refractivity contribution in [3.63, 3.8) is 0 Å². The van der Waals surface area contributed by atoms with Gasteiger partial charge in [-0.2, -0.15) is 0 Å². The molecular formula is C13H22O5. The van der Waals surface area contributed by atoms with Crippen LogP contribution in [0.3, 0.4) is 0 Å². The van der Waals surface area contributed by atoms with Crippen LogP contribution in [-0.4, -0.2) is 34.4 Å². The third-order valence-electron chi connectivity index (χ3n) is 3.66. The van der Waals surface area contributed by atoms with Gasteiger partial charge in [-0.15, -0.1) is 0 Å². The molecule has 0 aliphatic heterocycles. The summed E-state index contributed by atoms with van der Waals surface area (Å²) in [6, 6.07) is 0. The minimum Gasteiger partial charge on any atom is -0.480 e. The van der Waals surface area contributed by atoms with Crippen LogP contribution >= 0.6 is 0 Å². The first-order valence-corrected chi connectivity index (χ1v) is 6.47. The summed E-state index contributed by atoms with van der Waals surface area (Å²) in [7, 11) is 0. The molecule has 0 spiro atoms. The normalized spacial score (nSPS) is 21.9. The Morgan fingerprint density at radius 1 is 1.28 bits per heavy atom. The fourth-order valence-corrected chi connectivity index (χ4v) is 2.57. The van der Waals surface area contributed by atoms with Gasteiger partial charge in [-0.3, -0.25) is 9.59 Å². The second kappa shape index (κ2) is 5.69. The zero-order valence-electron chi connectivity index (χ0n) is 11.1. The average molecular weight is 258 g/mol. The van der Waals surface area contributed by atoms with Gasteiger partial charge in [0, 0.05) is 6.42 Å². The average Bonchev–Trinajstić information content (AvgIpc) is 2.29. The lowest BCUT2D eigenvalue weighted by molar-refractivity contribution is -0.173. The van der Waals surface area contributed by atoms with Crippen molar-refractivity contribution in [3.05, 3.63) is 0 Å². The molecule has 0 bridgehead atoms. The smallest absolute Gasteiger partial charge is 0.323 e. The predicted octanol–water partition coefficient (Wildman–Crippen LogP) is 1.73. The summed E-state index contributed by atoms with van der Waals surface area (Å²) in [4.78, 5) is 23.1. The van der Waals surface area contributed by atoms with E-state index in [9.17, 15) is 19.8 Å². The van der Waals surface area contributed by atoms with Gasteiger partial charge in [0.05, 0.1) is 12.2 Å². The van der Waals surface area contributed by atoms with Crippen LogP contribution in [0.25, 0.3) is 0 Å². The van der Waals surface area contributed by atoms with E-state index in [1.165, 1.54) is 6.92 Å². The summed E-state index contributed by atoms with van der Waals surface area (Å²) in [6.07, 6.45) is 3.81. The molecule has 0 aromatic rings. The maximum absolute atomic E-state index is 11.8. The first kappa shape index (κ1) is 15.0. The van der Waals surface area contributed by atoms with Gasteiger partial charge >= 0.3 is 11.9 Å². The zero-order valence-corrected chi connectivity index (χ0v) is 11.1. The first-order valence-electron chi connectivity index (χ1n) is 6.47. The molecule has 1 rings (SSSR count). The van der Waals surface area contributed by atoms with E-state index in [4.69, 9.17) is 4.74 Å². The SMILES string of the molecule is CCOC(=O)C(C)(CC1(O)CCCCC1)C(=O)O. The van der Waals surface area contributed by atoms with E-state index in [0.29, 0.717) is 12.8 Å². The number of carboxylic acids is 1. The Morgan fingerprint density at radius 2 is 1.83 bits per heavy atom. The number of carbonyl (C=O) groups excluding carboxylic acids is 1. The lowest BCUT2D eigenvalue weighted by Crippen LogP contribution is -2.46. The molecule has 1 atom stereocenters. The van der Waals surface area contributed by atoms with Crippen molar-refractivity contribution in [1.29, 1.82) is 0 Å². The highest BCUT2D eigenvalue weighted by Gasteiger charge is 2.49. The summed E-state index contributed by atoms with van der Waals surface area (Å²) in [5.41, 5.74) is -2.72. The zero-order chi connectivity index (χ0) is 13.8. The molecular weight excluding hydrogens is 236 g/mol. The Morgan fingerprint density at radius 3 is 2.28 bits per heavy atom. The quantitative estimate of drug-likeness (QED) is 0.579. The third-order valence-corrected chi connectivity index (χ3v) is 3.66. The highest BCUT2D eigenvalue weighted by Crippen LogP contribution is 2.39. The largest absolute Gasteiger partial charge is 0.480 e. The molecule has 0 aromatic carbocycles. The Bertz CT molecular complexity index is 319. The van der Waals surface area contributed by atoms with E-state index in [0.717, 1.165) is 19.3 Å². The van der Waals surface area contributed by atoms with Crippen molar-refractivity contribution in [2.75, 3.05) is 6.61 Å². The monoisotopic (exact) mass is 258 g/mol. The number of hydrogen-bond acceptors (Lipinski definition) is 4. The summed E-state index contributed by atoms with van der Waals surface area (Å²) in [6.45, 7) is 3.11. The van der Waals surface area contributed by atoms with Crippen molar-refractivity contribution in [2.45, 2.75) is 58.0 Å². The summed E-state index contributed by atoms with van der Waals surface area (Å²) in [5.74, 6) is -2.00. The predicted molar refractivity (Wildman–Crippen MR) is 65.0 cm³/mol. The minimum atomic E-state index is -1.66. The van der Waals surface area contributed by atoms with E-state index in [1.54, 1.807) is 6.92 Å². The lowest BCUT2D eigenvalue weighted by atomic mass is 9.72. The Hall–Kier alpha value is -1.10. The number of aliphatic hydroxyl groups is 1. The third kappa shape index (κ3) is 3.22. The molecule has 5 nitrogen and oxygen atoms in total. The van der Waals surface area contributed by atoms with Crippen LogP contribution in [0, 0.1) is 5.41 Å². The van der Waals surface area contributed by atoms with Crippen LogP contribution in [0.1, 0.15) is 52.4 Å². The Kier molecular flexibility index (Phi) is 4.73. The number of carboxylic acid groups (broad SMARTS) is 1. The molecule has 1 unspecified atom stereocenters. The summed E-state index contributed by atoms with van der Waals surface area (Å²) >= 11 is 0. The molecule has 0 radical (unpaired) electrons. The van der Waals surface area contributed by atoms with Crippen LogP contribution in [0.2, 0.25) is 0 Å². The van der Waals surface area contributed by atoms with E-state index in [2.05, 4.69) is 0 Å². The van der Waals surface area contributed by atoms with Gasteiger partial charge in [-0.1, -0.05) is 19.3 Å². The molecule has 5 heteroatoms. The van der Waals surface area contributed by atoms with E-state index in [-0.39, 0.29) is 13.0 Å². The molecule has 18 heavy (non-hydrogen) atoms. The standard InChI is InChI=1S/C13H22O5/c1-3-18-11(16)12(2,10(14)15)9-13(17)7-5-4-6-8-13/h17H,3-9H2,1-2H3,(H,14,15). The molecule has 0 heterocycles. The second-order valence-corrected chi connectivity index (χ2v) is 5.32. The Labute approximate surface area is 107 Å². The number of aliphatic carboxylic acids is 1. The van der Waals surface area contributed by atoms with Crippen molar-refractivity contribution >= 4 is 11.9 Å². The molecule has 0 saturated heterocycles. The van der Waals surface area contributed by atoms with Crippen molar-refractivity contribution in [2.24, 2.45) is 5.41 Å². The molecule has 1 fully saturated rings. The van der Waals surface area contributed by atoms with Gasteiger partial charge in [0.15, 0.2) is 5.41 Å². The summed E-state index contributed by atoms with van der Waals surface area (Å²) < 4.78 is 4.82. The van der Waals surface area contributed by atoms with E-state index in [1.807, 2.05) is 0 Å². The lowest BCUT2D eigenvalue weighted by Gasteiger charge is -2.37. The van der Waals surface area contributed by atoms with Gasteiger partial charge in [0.2, 0.25) is 0 Å². The van der Waals surface area contributed by atoms with Crippen LogP contribution in [0.15, 0.2) is 0 Å². The van der Waals surface area contributed by atoms with E-state index >= 15 is 0 Å². The molecule has 2 N–H and O–H groups in total. The maximum atomic E-state index is 11.8. The van der Waals surface area contributed by atoms with Gasteiger partial charge in [-0.05, 0) is 26.7 Å². The van der Waals surface area contributed by atoms with Crippen LogP contribution < -0.4 is 0 Å². The fourth-order valence-electron chi connectivity index (χ4n) is 2.57. The van der Waals surface area contributed by atoms with Gasteiger partial charge < -0.3 is 14.9 Å². The molecule has 1 aliphatic rings. The molecule has 0 aromatic heterocycles. The molecule has 1 aliphatic carbocycles. The van der Waals surface area contributed by atoms with Gasteiger partial charge in [-0.25, -0.2) is 0 Å². The highest BCUT2D eigenvalue weighted by molar-refractivity contribution is 5.98. The molecule has 0 amide bonds. The van der Waals surface area contributed by atoms with Crippen LogP contribution in [-0.2, 0) is 14.3 Å². The summed E-state index contributed by atoms with van der Waals surface area (Å²) in [5, 5.41) is 19.7. The fraction of sp³-hybridized carbons (Fsp3) is 0.846. The highest BCUT2D eigenvalue weighted by atomic mass is 16.5. The molecule has 104 valence electrons. The van der Waals surface area contributed by atoms with Gasteiger partial charge in [0.25, 0.3) is 0 Å². The topological polar surface area (TPSA) is 83.8 Å². The number of esters is 1. The number of carbonyl (C=O) groups is 2. The second-order valence-electron chi connectivity index (χ2n) is 5.32. The maximum Gasteiger partial charge on any atom is 0.323 e. The molecule has 1 saturated carbocycles. The number of ether oxygens (including phenoxy) is 1. The number of hydrogen-bond donors (Lipinski definition) is 2. The van der Waals surface area contributed by atoms with Crippen molar-refractivity contribution in [1.82, 2.24) is 0 Å². The Balaban J connectivity index is 2.85. The first-order chi connectivity index (χ1) is 8.34. The van der Waals surface area contributed by atoms with Crippen LogP contribution in [0.4, 0.5) is 0 Å².